The highest BCUT2D eigenvalue weighted by Crippen LogP contribution is 2.21. The fourth-order valence-corrected chi connectivity index (χ4v) is 2.71. The Labute approximate surface area is 144 Å². The standard InChI is InChI=1S/C16H17ClN4O3/c1-23-14-13(5-2-6-18-14)15(22)21-7-3-4-12(10-21)24-16-19-8-11(17)9-20-16/h2,5-6,8-9,12H,3-4,7,10H2,1H3/t12-/m1/s1. The maximum atomic E-state index is 12.7. The predicted molar refractivity (Wildman–Crippen MR) is 87.4 cm³/mol. The van der Waals surface area contributed by atoms with Gasteiger partial charge in [-0.05, 0) is 25.0 Å². The second-order valence-electron chi connectivity index (χ2n) is 5.38. The molecule has 8 heteroatoms. The van der Waals surface area contributed by atoms with Crippen molar-refractivity contribution in [3.05, 3.63) is 41.3 Å². The Morgan fingerprint density at radius 3 is 2.88 bits per heavy atom. The summed E-state index contributed by atoms with van der Waals surface area (Å²) in [4.78, 5) is 26.6. The molecular weight excluding hydrogens is 332 g/mol. The number of carbonyl (C=O) groups excluding carboxylic acids is 1. The molecule has 1 amide bonds. The number of carbonyl (C=O) groups is 1. The summed E-state index contributed by atoms with van der Waals surface area (Å²) in [6.45, 7) is 1.13. The van der Waals surface area contributed by atoms with Crippen molar-refractivity contribution >= 4 is 17.5 Å². The predicted octanol–water partition coefficient (Wildman–Crippen LogP) is 2.22. The molecule has 2 aromatic heterocycles. The summed E-state index contributed by atoms with van der Waals surface area (Å²) >= 11 is 5.76. The number of hydrogen-bond acceptors (Lipinski definition) is 6. The van der Waals surface area contributed by atoms with Gasteiger partial charge in [0.15, 0.2) is 0 Å². The van der Waals surface area contributed by atoms with E-state index in [1.165, 1.54) is 19.5 Å². The number of methoxy groups -OCH3 is 1. The van der Waals surface area contributed by atoms with E-state index in [4.69, 9.17) is 21.1 Å². The van der Waals surface area contributed by atoms with Gasteiger partial charge in [-0.3, -0.25) is 4.79 Å². The van der Waals surface area contributed by atoms with Crippen LogP contribution in [0.5, 0.6) is 11.9 Å². The summed E-state index contributed by atoms with van der Waals surface area (Å²) < 4.78 is 10.9. The van der Waals surface area contributed by atoms with Gasteiger partial charge in [0.25, 0.3) is 5.91 Å². The first-order valence-corrected chi connectivity index (χ1v) is 7.97. The van der Waals surface area contributed by atoms with E-state index in [-0.39, 0.29) is 18.0 Å². The Kier molecular flexibility index (Phi) is 5.10. The van der Waals surface area contributed by atoms with Crippen LogP contribution in [0.4, 0.5) is 0 Å². The first-order chi connectivity index (χ1) is 11.7. The monoisotopic (exact) mass is 348 g/mol. The molecule has 3 heterocycles. The van der Waals surface area contributed by atoms with Crippen LogP contribution in [0.25, 0.3) is 0 Å². The Balaban J connectivity index is 1.68. The van der Waals surface area contributed by atoms with E-state index < -0.39 is 0 Å². The number of pyridine rings is 1. The molecule has 1 fully saturated rings. The van der Waals surface area contributed by atoms with Crippen LogP contribution in [0.2, 0.25) is 5.02 Å². The summed E-state index contributed by atoms with van der Waals surface area (Å²) in [6.07, 6.45) is 6.07. The van der Waals surface area contributed by atoms with Crippen molar-refractivity contribution in [1.29, 1.82) is 0 Å². The maximum Gasteiger partial charge on any atom is 0.316 e. The molecule has 24 heavy (non-hydrogen) atoms. The molecule has 2 aromatic rings. The van der Waals surface area contributed by atoms with Crippen LogP contribution in [-0.4, -0.2) is 52.1 Å². The summed E-state index contributed by atoms with van der Waals surface area (Å²) in [5.74, 6) is 0.205. The van der Waals surface area contributed by atoms with Gasteiger partial charge in [-0.2, -0.15) is 0 Å². The smallest absolute Gasteiger partial charge is 0.316 e. The van der Waals surface area contributed by atoms with Gasteiger partial charge >= 0.3 is 6.01 Å². The number of piperidine rings is 1. The normalized spacial score (nSPS) is 17.4. The van der Waals surface area contributed by atoms with E-state index >= 15 is 0 Å². The molecule has 7 nitrogen and oxygen atoms in total. The zero-order valence-corrected chi connectivity index (χ0v) is 13.9. The maximum absolute atomic E-state index is 12.7. The minimum atomic E-state index is -0.161. The fourth-order valence-electron chi connectivity index (χ4n) is 2.62. The number of ether oxygens (including phenoxy) is 2. The van der Waals surface area contributed by atoms with Gasteiger partial charge in [0.05, 0.1) is 31.1 Å². The van der Waals surface area contributed by atoms with Gasteiger partial charge in [-0.25, -0.2) is 15.0 Å². The summed E-state index contributed by atoms with van der Waals surface area (Å²) in [5, 5.41) is 0.450. The molecule has 0 N–H and O–H groups in total. The van der Waals surface area contributed by atoms with Crippen molar-refractivity contribution < 1.29 is 14.3 Å². The molecule has 0 aromatic carbocycles. The molecule has 3 rings (SSSR count). The second-order valence-corrected chi connectivity index (χ2v) is 5.81. The van der Waals surface area contributed by atoms with Crippen LogP contribution >= 0.6 is 11.6 Å². The lowest BCUT2D eigenvalue weighted by Crippen LogP contribution is -2.44. The van der Waals surface area contributed by atoms with Gasteiger partial charge < -0.3 is 14.4 Å². The van der Waals surface area contributed by atoms with Crippen LogP contribution in [0.1, 0.15) is 23.2 Å². The van der Waals surface area contributed by atoms with Crippen LogP contribution in [0, 0.1) is 0 Å². The van der Waals surface area contributed by atoms with Crippen LogP contribution < -0.4 is 9.47 Å². The lowest BCUT2D eigenvalue weighted by Gasteiger charge is -2.32. The van der Waals surface area contributed by atoms with Gasteiger partial charge in [0, 0.05) is 12.7 Å². The lowest BCUT2D eigenvalue weighted by molar-refractivity contribution is 0.0512. The van der Waals surface area contributed by atoms with E-state index in [2.05, 4.69) is 15.0 Å². The zero-order valence-electron chi connectivity index (χ0n) is 13.2. The third-order valence-corrected chi connectivity index (χ3v) is 3.92. The Bertz CT molecular complexity index is 711. The average Bonchev–Trinajstić information content (AvgIpc) is 2.63. The first kappa shape index (κ1) is 16.4. The Morgan fingerprint density at radius 2 is 2.12 bits per heavy atom. The van der Waals surface area contributed by atoms with Crippen molar-refractivity contribution in [2.24, 2.45) is 0 Å². The van der Waals surface area contributed by atoms with Crippen molar-refractivity contribution in [2.75, 3.05) is 20.2 Å². The van der Waals surface area contributed by atoms with Crippen molar-refractivity contribution in [2.45, 2.75) is 18.9 Å². The third-order valence-electron chi connectivity index (χ3n) is 3.73. The molecule has 0 radical (unpaired) electrons. The van der Waals surface area contributed by atoms with Crippen molar-refractivity contribution in [1.82, 2.24) is 19.9 Å². The van der Waals surface area contributed by atoms with Gasteiger partial charge in [0.2, 0.25) is 5.88 Å². The van der Waals surface area contributed by atoms with Crippen LogP contribution in [0.3, 0.4) is 0 Å². The summed E-state index contributed by atoms with van der Waals surface area (Å²) in [5.41, 5.74) is 0.448. The molecular formula is C16H17ClN4O3. The number of hydrogen-bond donors (Lipinski definition) is 0. The highest BCUT2D eigenvalue weighted by molar-refractivity contribution is 6.30. The number of rotatable bonds is 4. The van der Waals surface area contributed by atoms with Gasteiger partial charge in [-0.1, -0.05) is 11.6 Å². The number of amides is 1. The molecule has 0 bridgehead atoms. The average molecular weight is 349 g/mol. The SMILES string of the molecule is COc1ncccc1C(=O)N1CCC[C@@H](Oc2ncc(Cl)cn2)C1. The van der Waals surface area contributed by atoms with Crippen LogP contribution in [-0.2, 0) is 0 Å². The largest absolute Gasteiger partial charge is 0.480 e. The highest BCUT2D eigenvalue weighted by atomic mass is 35.5. The highest BCUT2D eigenvalue weighted by Gasteiger charge is 2.28. The lowest BCUT2D eigenvalue weighted by atomic mass is 10.1. The molecule has 1 aliphatic rings. The van der Waals surface area contributed by atoms with Gasteiger partial charge in [0.1, 0.15) is 11.7 Å². The molecule has 1 atom stereocenters. The Morgan fingerprint density at radius 1 is 1.33 bits per heavy atom. The van der Waals surface area contributed by atoms with Crippen molar-refractivity contribution in [3.8, 4) is 11.9 Å². The number of likely N-dealkylation sites (tertiary alicyclic amines) is 1. The van der Waals surface area contributed by atoms with Crippen LogP contribution in [0.15, 0.2) is 30.7 Å². The van der Waals surface area contributed by atoms with Crippen molar-refractivity contribution in [3.63, 3.8) is 0 Å². The molecule has 0 aliphatic carbocycles. The third kappa shape index (κ3) is 3.73. The minimum absolute atomic E-state index is 0.120. The molecule has 0 spiro atoms. The molecule has 1 aliphatic heterocycles. The first-order valence-electron chi connectivity index (χ1n) is 7.60. The molecule has 0 saturated carbocycles. The molecule has 0 unspecified atom stereocenters. The van der Waals surface area contributed by atoms with Gasteiger partial charge in [-0.15, -0.1) is 0 Å². The van der Waals surface area contributed by atoms with E-state index in [0.717, 1.165) is 12.8 Å². The summed E-state index contributed by atoms with van der Waals surface area (Å²) in [7, 11) is 1.50. The second kappa shape index (κ2) is 7.44. The minimum Gasteiger partial charge on any atom is -0.480 e. The number of nitrogens with zero attached hydrogens (tertiary/aromatic N) is 4. The Hall–Kier alpha value is -2.41. The topological polar surface area (TPSA) is 77.4 Å². The van der Waals surface area contributed by atoms with E-state index in [0.29, 0.717) is 29.6 Å². The summed E-state index contributed by atoms with van der Waals surface area (Å²) in [6, 6.07) is 3.69. The zero-order chi connectivity index (χ0) is 16.9. The molecule has 126 valence electrons. The van der Waals surface area contributed by atoms with E-state index in [9.17, 15) is 4.79 Å². The fraction of sp³-hybridized carbons (Fsp3) is 0.375. The molecule has 1 saturated heterocycles. The van der Waals surface area contributed by atoms with E-state index in [1.807, 2.05) is 0 Å². The quantitative estimate of drug-likeness (QED) is 0.843. The van der Waals surface area contributed by atoms with E-state index in [1.54, 1.807) is 23.2 Å². The number of aromatic nitrogens is 3. The number of halogens is 1.